The van der Waals surface area contributed by atoms with E-state index < -0.39 is 0 Å². The Bertz CT molecular complexity index is 698. The molecule has 0 amide bonds. The summed E-state index contributed by atoms with van der Waals surface area (Å²) in [4.78, 5) is 2.56. The zero-order chi connectivity index (χ0) is 21.0. The summed E-state index contributed by atoms with van der Waals surface area (Å²) in [5, 5.41) is 10.2. The molecule has 1 aromatic carbocycles. The first-order valence-electron chi connectivity index (χ1n) is 11.4. The fourth-order valence-corrected chi connectivity index (χ4v) is 6.05. The van der Waals surface area contributed by atoms with E-state index >= 15 is 0 Å². The summed E-state index contributed by atoms with van der Waals surface area (Å²) in [6.07, 6.45) is 5.88. The number of likely N-dealkylation sites (tertiary alicyclic amines) is 1. The number of phenols is 1. The fourth-order valence-electron chi connectivity index (χ4n) is 6.05. The summed E-state index contributed by atoms with van der Waals surface area (Å²) >= 11 is 0. The summed E-state index contributed by atoms with van der Waals surface area (Å²) in [5.74, 6) is 1.05. The van der Waals surface area contributed by atoms with Crippen molar-refractivity contribution in [2.75, 3.05) is 60.3 Å². The predicted molar refractivity (Wildman–Crippen MR) is 115 cm³/mol. The minimum absolute atomic E-state index is 0.141. The second-order valence-electron chi connectivity index (χ2n) is 9.10. The molecule has 2 aliphatic carbocycles. The number of methoxy groups -OCH3 is 1. The number of likely N-dealkylation sites (N-methyl/N-ethyl adjacent to an activating group) is 1. The highest BCUT2D eigenvalue weighted by Gasteiger charge is 2.55. The molecule has 6 nitrogen and oxygen atoms in total. The molecule has 1 N–H and O–H groups in total. The van der Waals surface area contributed by atoms with Gasteiger partial charge in [0.05, 0.1) is 45.7 Å². The summed E-state index contributed by atoms with van der Waals surface area (Å²) in [7, 11) is 3.95. The molecule has 1 aromatic rings. The van der Waals surface area contributed by atoms with Gasteiger partial charge in [0.1, 0.15) is 5.75 Å². The van der Waals surface area contributed by atoms with Gasteiger partial charge in [-0.2, -0.15) is 0 Å². The Morgan fingerprint density at radius 3 is 2.63 bits per heavy atom. The van der Waals surface area contributed by atoms with Gasteiger partial charge >= 0.3 is 0 Å². The minimum atomic E-state index is 0.141. The Morgan fingerprint density at radius 1 is 1.07 bits per heavy atom. The van der Waals surface area contributed by atoms with E-state index in [1.165, 1.54) is 17.5 Å². The first-order valence-corrected chi connectivity index (χ1v) is 11.4. The average Bonchev–Trinajstić information content (AvgIpc) is 2.75. The molecule has 1 heterocycles. The zero-order valence-electron chi connectivity index (χ0n) is 18.5. The third-order valence-electron chi connectivity index (χ3n) is 7.49. The Labute approximate surface area is 180 Å². The Morgan fingerprint density at radius 2 is 1.83 bits per heavy atom. The second-order valence-corrected chi connectivity index (χ2v) is 9.10. The highest BCUT2D eigenvalue weighted by molar-refractivity contribution is 5.45. The molecule has 3 aliphatic rings. The molecular formula is C24H37NO5. The summed E-state index contributed by atoms with van der Waals surface area (Å²) in [5.41, 5.74) is 2.94. The van der Waals surface area contributed by atoms with Crippen LogP contribution in [0, 0.1) is 5.92 Å². The number of aromatic hydroxyl groups is 1. The molecule has 1 saturated heterocycles. The van der Waals surface area contributed by atoms with E-state index in [1.807, 2.05) is 12.1 Å². The lowest BCUT2D eigenvalue weighted by molar-refractivity contribution is -0.0771. The highest BCUT2D eigenvalue weighted by atomic mass is 16.6. The number of benzene rings is 1. The van der Waals surface area contributed by atoms with Crippen LogP contribution in [0.15, 0.2) is 18.2 Å². The van der Waals surface area contributed by atoms with Gasteiger partial charge in [0.15, 0.2) is 0 Å². The van der Waals surface area contributed by atoms with Crippen LogP contribution in [0.5, 0.6) is 5.75 Å². The second kappa shape index (κ2) is 9.96. The molecule has 0 spiro atoms. The maximum Gasteiger partial charge on any atom is 0.115 e. The van der Waals surface area contributed by atoms with E-state index in [0.717, 1.165) is 32.2 Å². The van der Waals surface area contributed by atoms with Gasteiger partial charge in [-0.25, -0.2) is 0 Å². The lowest BCUT2D eigenvalue weighted by atomic mass is 9.52. The molecule has 1 aliphatic heterocycles. The lowest BCUT2D eigenvalue weighted by Crippen LogP contribution is -2.61. The van der Waals surface area contributed by atoms with Gasteiger partial charge in [0.25, 0.3) is 0 Å². The van der Waals surface area contributed by atoms with Crippen LogP contribution < -0.4 is 0 Å². The highest BCUT2D eigenvalue weighted by Crippen LogP contribution is 2.56. The van der Waals surface area contributed by atoms with Gasteiger partial charge < -0.3 is 29.0 Å². The van der Waals surface area contributed by atoms with Crippen LogP contribution in [0.25, 0.3) is 0 Å². The molecule has 6 heteroatoms. The van der Waals surface area contributed by atoms with Gasteiger partial charge in [-0.05, 0) is 74.9 Å². The van der Waals surface area contributed by atoms with E-state index in [-0.39, 0.29) is 11.5 Å². The minimum Gasteiger partial charge on any atom is -0.508 e. The molecular weight excluding hydrogens is 382 g/mol. The largest absolute Gasteiger partial charge is 0.508 e. The van der Waals surface area contributed by atoms with Crippen molar-refractivity contribution in [2.45, 2.75) is 49.7 Å². The Hall–Kier alpha value is -1.18. The van der Waals surface area contributed by atoms with Crippen molar-refractivity contribution >= 4 is 0 Å². The van der Waals surface area contributed by atoms with E-state index in [4.69, 9.17) is 18.9 Å². The normalized spacial score (nSPS) is 30.7. The number of nitrogens with zero attached hydrogens (tertiary/aromatic N) is 1. The molecule has 4 rings (SSSR count). The number of phenolic OH excluding ortho intramolecular Hbond substituents is 1. The molecule has 4 atom stereocenters. The average molecular weight is 420 g/mol. The van der Waals surface area contributed by atoms with Gasteiger partial charge in [0.2, 0.25) is 0 Å². The number of ether oxygens (including phenoxy) is 4. The Kier molecular flexibility index (Phi) is 7.32. The van der Waals surface area contributed by atoms with E-state index in [2.05, 4.69) is 18.0 Å². The molecule has 0 radical (unpaired) electrons. The topological polar surface area (TPSA) is 60.4 Å². The third-order valence-corrected chi connectivity index (χ3v) is 7.49. The van der Waals surface area contributed by atoms with Crippen molar-refractivity contribution in [2.24, 2.45) is 5.92 Å². The molecule has 30 heavy (non-hydrogen) atoms. The van der Waals surface area contributed by atoms with Crippen LogP contribution in [0.3, 0.4) is 0 Å². The SMILES string of the molecule is COCCOCCOCCO[C@@H]1CC[C@H]2[C@H]3Cc4ccc(O)cc4[C@@]2(CCN3C)C1. The van der Waals surface area contributed by atoms with Crippen molar-refractivity contribution in [1.29, 1.82) is 0 Å². The zero-order valence-corrected chi connectivity index (χ0v) is 18.5. The molecule has 0 unspecified atom stereocenters. The van der Waals surface area contributed by atoms with Crippen LogP contribution in [-0.4, -0.2) is 82.5 Å². The summed E-state index contributed by atoms with van der Waals surface area (Å²) < 4.78 is 22.3. The molecule has 2 bridgehead atoms. The molecule has 2 fully saturated rings. The van der Waals surface area contributed by atoms with Crippen LogP contribution in [0.4, 0.5) is 0 Å². The number of fused-ring (bicyclic) bond motifs is 1. The van der Waals surface area contributed by atoms with E-state index in [0.29, 0.717) is 57.4 Å². The van der Waals surface area contributed by atoms with Crippen LogP contribution >= 0.6 is 0 Å². The van der Waals surface area contributed by atoms with Crippen molar-refractivity contribution in [3.05, 3.63) is 29.3 Å². The monoisotopic (exact) mass is 419 g/mol. The van der Waals surface area contributed by atoms with Crippen LogP contribution in [-0.2, 0) is 30.8 Å². The van der Waals surface area contributed by atoms with Gasteiger partial charge in [-0.1, -0.05) is 6.07 Å². The first-order chi connectivity index (χ1) is 14.6. The van der Waals surface area contributed by atoms with Gasteiger partial charge in [-0.15, -0.1) is 0 Å². The van der Waals surface area contributed by atoms with E-state index in [9.17, 15) is 5.11 Å². The smallest absolute Gasteiger partial charge is 0.115 e. The van der Waals surface area contributed by atoms with Crippen LogP contribution in [0.1, 0.15) is 36.8 Å². The van der Waals surface area contributed by atoms with Gasteiger partial charge in [0, 0.05) is 18.6 Å². The lowest BCUT2D eigenvalue weighted by Gasteiger charge is -2.59. The summed E-state index contributed by atoms with van der Waals surface area (Å²) in [6, 6.07) is 6.64. The molecule has 168 valence electrons. The fraction of sp³-hybridized carbons (Fsp3) is 0.750. The van der Waals surface area contributed by atoms with Crippen molar-refractivity contribution < 1.29 is 24.1 Å². The van der Waals surface area contributed by atoms with Crippen molar-refractivity contribution in [3.63, 3.8) is 0 Å². The number of piperidine rings is 1. The number of hydrogen-bond donors (Lipinski definition) is 1. The maximum atomic E-state index is 10.2. The maximum absolute atomic E-state index is 10.2. The van der Waals surface area contributed by atoms with Crippen LogP contribution in [0.2, 0.25) is 0 Å². The predicted octanol–water partition coefficient (Wildman–Crippen LogP) is 2.76. The molecule has 1 saturated carbocycles. The Balaban J connectivity index is 1.32. The summed E-state index contributed by atoms with van der Waals surface area (Å²) in [6.45, 7) is 4.75. The number of hydrogen-bond acceptors (Lipinski definition) is 6. The quantitative estimate of drug-likeness (QED) is 0.589. The van der Waals surface area contributed by atoms with Gasteiger partial charge in [-0.3, -0.25) is 0 Å². The number of rotatable bonds is 10. The van der Waals surface area contributed by atoms with Crippen molar-refractivity contribution in [3.8, 4) is 5.75 Å². The molecule has 0 aromatic heterocycles. The first kappa shape index (κ1) is 22.0. The van der Waals surface area contributed by atoms with Crippen molar-refractivity contribution in [1.82, 2.24) is 4.90 Å². The third kappa shape index (κ3) is 4.53. The van der Waals surface area contributed by atoms with E-state index in [1.54, 1.807) is 7.11 Å². The standard InChI is InChI=1S/C24H37NO5/c1-25-8-7-24-17-20(30-14-13-29-12-11-28-10-9-27-2)5-6-21(24)23(25)15-18-3-4-19(26)16-22(18)24/h3-4,16,20-21,23,26H,5-15,17H2,1-2H3/t20-,21+,23-,24+/m1/s1.